The molecular weight excluding hydrogens is 1410 g/mol. The van der Waals surface area contributed by atoms with Gasteiger partial charge in [-0.2, -0.15) is 0 Å². The number of piperidine rings is 3. The van der Waals surface area contributed by atoms with Crippen LogP contribution < -0.4 is 0 Å². The molecule has 8 nitrogen and oxygen atoms in total. The first-order chi connectivity index (χ1) is 52.4. The number of unbranched alkanes of at least 4 members (excludes halogenated alkanes) is 12. The van der Waals surface area contributed by atoms with Gasteiger partial charge in [-0.3, -0.25) is 4.90 Å². The van der Waals surface area contributed by atoms with E-state index in [1.807, 2.05) is 0 Å². The van der Waals surface area contributed by atoms with E-state index in [9.17, 15) is 5.11 Å². The third-order valence-corrected chi connectivity index (χ3v) is 25.4. The minimum Gasteiger partial charge on any atom is -0.389 e. The van der Waals surface area contributed by atoms with Crippen LogP contribution in [-0.4, -0.2) is 171 Å². The normalized spacial score (nSPS) is 18.6. The lowest BCUT2D eigenvalue weighted by Gasteiger charge is -2.46. The largest absolute Gasteiger partial charge is 0.389 e. The highest BCUT2D eigenvalue weighted by Gasteiger charge is 2.42. The summed E-state index contributed by atoms with van der Waals surface area (Å²) in [5.74, 6) is 1.98. The van der Waals surface area contributed by atoms with E-state index < -0.39 is 5.60 Å². The summed E-state index contributed by atoms with van der Waals surface area (Å²) in [5.41, 5.74) is 6.42. The molecule has 0 radical (unpaired) electrons. The van der Waals surface area contributed by atoms with E-state index in [2.05, 4.69) is 285 Å². The van der Waals surface area contributed by atoms with Crippen LogP contribution in [0.15, 0.2) is 11.6 Å². The van der Waals surface area contributed by atoms with Crippen molar-refractivity contribution in [3.05, 3.63) is 11.6 Å². The Morgan fingerprint density at radius 2 is 0.569 bits per heavy atom. The molecule has 0 amide bonds. The molecule has 0 spiro atoms. The van der Waals surface area contributed by atoms with E-state index in [1.54, 1.807) is 5.57 Å². The molecular formula is C108H224N6O2. The van der Waals surface area contributed by atoms with Crippen molar-refractivity contribution in [2.24, 2.45) is 76.8 Å². The van der Waals surface area contributed by atoms with Gasteiger partial charge in [0.2, 0.25) is 0 Å². The van der Waals surface area contributed by atoms with Gasteiger partial charge in [-0.15, -0.1) is 0 Å². The number of aliphatic hydroxyl groups is 1. The van der Waals surface area contributed by atoms with Crippen LogP contribution in [0.3, 0.4) is 0 Å². The summed E-state index contributed by atoms with van der Waals surface area (Å²) in [6, 6.07) is 0. The summed E-state index contributed by atoms with van der Waals surface area (Å²) in [7, 11) is 0. The van der Waals surface area contributed by atoms with Crippen molar-refractivity contribution in [3.8, 4) is 0 Å². The smallest absolute Gasteiger partial charge is 0.0720 e. The zero-order chi connectivity index (χ0) is 88.3. The average molecular weight is 1640 g/mol. The van der Waals surface area contributed by atoms with Crippen molar-refractivity contribution in [1.29, 1.82) is 0 Å². The Labute approximate surface area is 735 Å². The van der Waals surface area contributed by atoms with Gasteiger partial charge >= 0.3 is 0 Å². The number of hydrogen-bond donors (Lipinski definition) is 1. The second kappa shape index (κ2) is 57.2. The van der Waals surface area contributed by atoms with Crippen molar-refractivity contribution < 1.29 is 9.84 Å². The second-order valence-electron chi connectivity index (χ2n) is 52.5. The maximum absolute atomic E-state index is 10.7. The van der Waals surface area contributed by atoms with Gasteiger partial charge in [0.25, 0.3) is 0 Å². The molecule has 4 saturated heterocycles. The van der Waals surface area contributed by atoms with Crippen LogP contribution in [0.2, 0.25) is 0 Å². The number of likely N-dealkylation sites (tertiary alicyclic amines) is 3. The Balaban J connectivity index is 0. The third kappa shape index (κ3) is 73.7. The number of nitrogens with zero attached hydrogens (tertiary/aromatic N) is 6. The number of ether oxygens (including phenoxy) is 1. The Morgan fingerprint density at radius 1 is 0.293 bits per heavy atom. The number of hydrogen-bond acceptors (Lipinski definition) is 8. The molecule has 0 atom stereocenters. The van der Waals surface area contributed by atoms with E-state index >= 15 is 0 Å². The Bertz CT molecular complexity index is 2280. The molecule has 116 heavy (non-hydrogen) atoms. The predicted octanol–water partition coefficient (Wildman–Crippen LogP) is 31.2. The minimum atomic E-state index is -0.462. The van der Waals surface area contributed by atoms with E-state index in [1.165, 1.54) is 297 Å². The van der Waals surface area contributed by atoms with E-state index in [0.717, 1.165) is 63.8 Å². The van der Waals surface area contributed by atoms with Gasteiger partial charge in [0, 0.05) is 65.6 Å². The lowest BCUT2D eigenvalue weighted by molar-refractivity contribution is -0.0988. The quantitative estimate of drug-likeness (QED) is 0.0498. The Morgan fingerprint density at radius 3 is 0.853 bits per heavy atom. The van der Waals surface area contributed by atoms with E-state index in [-0.39, 0.29) is 12.8 Å². The number of piperazine rings is 1. The molecule has 5 rings (SSSR count). The van der Waals surface area contributed by atoms with Crippen molar-refractivity contribution in [3.63, 3.8) is 0 Å². The molecule has 5 aliphatic heterocycles. The maximum Gasteiger partial charge on any atom is 0.0720 e. The highest BCUT2D eigenvalue weighted by Crippen LogP contribution is 2.40. The molecule has 0 bridgehead atoms. The van der Waals surface area contributed by atoms with Gasteiger partial charge in [0.1, 0.15) is 0 Å². The average Bonchev–Trinajstić information content (AvgIpc) is 0.801. The highest BCUT2D eigenvalue weighted by molar-refractivity contribution is 5.14. The summed E-state index contributed by atoms with van der Waals surface area (Å²) >= 11 is 0. The van der Waals surface area contributed by atoms with Gasteiger partial charge in [-0.05, 0) is 284 Å². The molecule has 698 valence electrons. The zero-order valence-electron chi connectivity index (χ0n) is 86.5. The number of rotatable bonds is 35. The molecule has 0 unspecified atom stereocenters. The third-order valence-electron chi connectivity index (χ3n) is 25.4. The predicted molar refractivity (Wildman–Crippen MR) is 527 cm³/mol. The fraction of sp³-hybridized carbons (Fsp3) is 0.981. The second-order valence-corrected chi connectivity index (χ2v) is 52.5. The lowest BCUT2D eigenvalue weighted by Crippen LogP contribution is -2.51. The van der Waals surface area contributed by atoms with Crippen LogP contribution in [0.1, 0.15) is 475 Å². The van der Waals surface area contributed by atoms with Gasteiger partial charge in [-0.1, -0.05) is 345 Å². The Kier molecular flexibility index (Phi) is 57.9. The topological polar surface area (TPSA) is 48.9 Å². The SMILES string of the molecule is C.CC(C)(C)CCCCCCCN1CC=C(C(C)(C)C)CC1.CC(C)(C)CCCCCCCN1CCC(O)(C(C)(C)C)CC1.CC(C)(C)CCCCCN1CCC(CC(C)(C)C)CC1.CC(C)(C)CCCCCN1CCC(CCC(C)(C)C)CC1.CC(C)(C)CCN1CCN(CCC(C)(C)C)CC1.CC(C)(C)CCOCCC(C)(C)C. The van der Waals surface area contributed by atoms with E-state index in [0.29, 0.717) is 59.6 Å². The summed E-state index contributed by atoms with van der Waals surface area (Å²) in [4.78, 5) is 15.9. The van der Waals surface area contributed by atoms with Gasteiger partial charge in [0.05, 0.1) is 5.60 Å². The fourth-order valence-electron chi connectivity index (χ4n) is 16.4. The Hall–Kier alpha value is -0.580. The highest BCUT2D eigenvalue weighted by atomic mass is 16.5. The zero-order valence-corrected chi connectivity index (χ0v) is 86.5. The summed E-state index contributed by atoms with van der Waals surface area (Å²) in [5, 5.41) is 10.7. The van der Waals surface area contributed by atoms with Crippen LogP contribution in [-0.2, 0) is 4.74 Å². The molecule has 0 saturated carbocycles. The molecule has 4 fully saturated rings. The van der Waals surface area contributed by atoms with Crippen molar-refractivity contribution in [1.82, 2.24) is 29.4 Å². The van der Waals surface area contributed by atoms with Crippen LogP contribution >= 0.6 is 0 Å². The van der Waals surface area contributed by atoms with Gasteiger partial charge < -0.3 is 34.3 Å². The first-order valence-electron chi connectivity index (χ1n) is 49.7. The van der Waals surface area contributed by atoms with Gasteiger partial charge in [-0.25, -0.2) is 0 Å². The fourth-order valence-corrected chi connectivity index (χ4v) is 16.4. The summed E-state index contributed by atoms with van der Waals surface area (Å²) in [6.07, 6.45) is 48.4. The van der Waals surface area contributed by atoms with Crippen LogP contribution in [0.5, 0.6) is 0 Å². The van der Waals surface area contributed by atoms with Crippen LogP contribution in [0, 0.1) is 76.8 Å². The first-order valence-corrected chi connectivity index (χ1v) is 49.7. The maximum atomic E-state index is 10.7. The minimum absolute atomic E-state index is 0. The molecule has 0 aromatic carbocycles. The summed E-state index contributed by atoms with van der Waals surface area (Å²) in [6.45, 7) is 108. The van der Waals surface area contributed by atoms with Crippen LogP contribution in [0.4, 0.5) is 0 Å². The molecule has 5 heterocycles. The first kappa shape index (κ1) is 117. The molecule has 0 aromatic rings. The van der Waals surface area contributed by atoms with Crippen molar-refractivity contribution in [2.45, 2.75) is 481 Å². The lowest BCUT2D eigenvalue weighted by atomic mass is 9.71. The standard InChI is InChI=1S/C20H41NO.C20H41N.C20H39N.C19H39N.C16H34N2.C12H26O.CH4/c1-18(2,3)12-10-8-7-9-11-15-21-16-13-20(22,14-17-21)19(4,5)6;1-19(2,3)13-8-7-9-15-21-16-11-18(12-17-21)10-14-20(4,5)6;1-19(2,3)14-10-8-7-9-11-15-21-16-12-18(13-17-21)20(4,5)6;1-18(2,3)12-8-7-9-13-20-14-10-17(11-15-20)16-19(4,5)6;1-15(2,3)7-9-17-11-13-18(14-12-17)10-8-16(4,5)6;1-11(2,3)7-9-13-10-8-12(4,5)6;/h22H,7-17H2,1-6H3;18H,7-17H2,1-6H3;12H,7-11,13-17H2,1-6H3;17H,7-16H2,1-6H3;7-14H2,1-6H3;7-10H2,1-6H3;1H4. The van der Waals surface area contributed by atoms with Gasteiger partial charge in [0.15, 0.2) is 0 Å². The molecule has 0 aliphatic carbocycles. The van der Waals surface area contributed by atoms with Crippen molar-refractivity contribution in [2.75, 3.05) is 131 Å². The molecule has 5 aliphatic rings. The molecule has 1 N–H and O–H groups in total. The van der Waals surface area contributed by atoms with Crippen molar-refractivity contribution >= 4 is 0 Å². The van der Waals surface area contributed by atoms with E-state index in [4.69, 9.17) is 4.74 Å². The monoisotopic (exact) mass is 1640 g/mol. The van der Waals surface area contributed by atoms with Crippen LogP contribution in [0.25, 0.3) is 0 Å². The summed E-state index contributed by atoms with van der Waals surface area (Å²) < 4.78 is 5.59. The molecule has 0 aromatic heterocycles. The molecule has 8 heteroatoms.